The third kappa shape index (κ3) is 2.61. The zero-order valence-electron chi connectivity index (χ0n) is 10.7. The molecule has 0 aliphatic rings. The molecule has 0 saturated carbocycles. The largest absolute Gasteiger partial charge is 0.466 e. The average Bonchev–Trinajstić information content (AvgIpc) is 2.84. The second kappa shape index (κ2) is 5.53. The van der Waals surface area contributed by atoms with E-state index in [0.29, 0.717) is 19.6 Å². The Labute approximate surface area is 106 Å². The molecule has 0 bridgehead atoms. The molecule has 0 aliphatic heterocycles. The van der Waals surface area contributed by atoms with Crippen molar-refractivity contribution in [2.24, 2.45) is 0 Å². The summed E-state index contributed by atoms with van der Waals surface area (Å²) in [5.74, 6) is 0.844. The topological polar surface area (TPSA) is 46.8 Å². The van der Waals surface area contributed by atoms with Crippen LogP contribution in [0.15, 0.2) is 30.6 Å². The van der Waals surface area contributed by atoms with Crippen LogP contribution in [0.3, 0.4) is 0 Å². The van der Waals surface area contributed by atoms with Gasteiger partial charge in [-0.3, -0.25) is 9.20 Å². The van der Waals surface area contributed by atoms with Crippen LogP contribution in [0.4, 0.5) is 5.82 Å². The number of hydrogen-bond acceptors (Lipinski definition) is 4. The van der Waals surface area contributed by atoms with E-state index in [-0.39, 0.29) is 5.97 Å². The molecule has 2 heterocycles. The second-order valence-corrected chi connectivity index (χ2v) is 4.02. The second-order valence-electron chi connectivity index (χ2n) is 4.02. The quantitative estimate of drug-likeness (QED) is 0.755. The first-order valence-electron chi connectivity index (χ1n) is 6.01. The van der Waals surface area contributed by atoms with Gasteiger partial charge in [0.25, 0.3) is 0 Å². The molecule has 0 unspecified atom stereocenters. The first-order valence-corrected chi connectivity index (χ1v) is 6.01. The minimum atomic E-state index is -0.165. The van der Waals surface area contributed by atoms with Gasteiger partial charge < -0.3 is 9.64 Å². The molecular weight excluding hydrogens is 230 g/mol. The highest BCUT2D eigenvalue weighted by Gasteiger charge is 2.08. The minimum absolute atomic E-state index is 0.165. The molecule has 0 aromatic carbocycles. The van der Waals surface area contributed by atoms with Gasteiger partial charge in [0.05, 0.1) is 13.0 Å². The number of imidazole rings is 1. The summed E-state index contributed by atoms with van der Waals surface area (Å²) in [5, 5.41) is 0. The van der Waals surface area contributed by atoms with Crippen LogP contribution in [-0.2, 0) is 9.53 Å². The summed E-state index contributed by atoms with van der Waals surface area (Å²) in [5.41, 5.74) is 0.899. The summed E-state index contributed by atoms with van der Waals surface area (Å²) < 4.78 is 6.91. The summed E-state index contributed by atoms with van der Waals surface area (Å²) in [6, 6.07) is 5.90. The molecule has 96 valence electrons. The summed E-state index contributed by atoms with van der Waals surface area (Å²) in [4.78, 5) is 17.6. The molecule has 0 saturated heterocycles. The SMILES string of the molecule is CCOC(=O)CCN(C)c1cccc2nccn12. The lowest BCUT2D eigenvalue weighted by atomic mass is 10.3. The third-order valence-electron chi connectivity index (χ3n) is 2.75. The number of fused-ring (bicyclic) bond motifs is 1. The molecule has 18 heavy (non-hydrogen) atoms. The van der Waals surface area contributed by atoms with Crippen molar-refractivity contribution >= 4 is 17.4 Å². The Morgan fingerprint density at radius 3 is 3.11 bits per heavy atom. The van der Waals surface area contributed by atoms with Gasteiger partial charge >= 0.3 is 5.97 Å². The molecule has 2 aromatic heterocycles. The Morgan fingerprint density at radius 1 is 1.50 bits per heavy atom. The maximum atomic E-state index is 11.3. The van der Waals surface area contributed by atoms with E-state index < -0.39 is 0 Å². The standard InChI is InChI=1S/C13H17N3O2/c1-3-18-13(17)7-9-15(2)12-6-4-5-11-14-8-10-16(11)12/h4-6,8,10H,3,7,9H2,1-2H3. The monoisotopic (exact) mass is 247 g/mol. The van der Waals surface area contributed by atoms with Gasteiger partial charge in [0.2, 0.25) is 0 Å². The van der Waals surface area contributed by atoms with Gasteiger partial charge in [-0.1, -0.05) is 6.07 Å². The van der Waals surface area contributed by atoms with Gasteiger partial charge in [-0.15, -0.1) is 0 Å². The van der Waals surface area contributed by atoms with Crippen LogP contribution in [0.1, 0.15) is 13.3 Å². The molecule has 0 atom stereocenters. The van der Waals surface area contributed by atoms with E-state index in [1.807, 2.05) is 47.7 Å². The number of anilines is 1. The summed E-state index contributed by atoms with van der Waals surface area (Å²) in [7, 11) is 1.95. The molecule has 0 spiro atoms. The zero-order valence-corrected chi connectivity index (χ0v) is 10.7. The zero-order chi connectivity index (χ0) is 13.0. The van der Waals surface area contributed by atoms with E-state index in [4.69, 9.17) is 4.74 Å². The number of ether oxygens (including phenoxy) is 1. The maximum Gasteiger partial charge on any atom is 0.307 e. The predicted octanol–water partition coefficient (Wildman–Crippen LogP) is 1.72. The number of nitrogens with zero attached hydrogens (tertiary/aromatic N) is 3. The Kier molecular flexibility index (Phi) is 3.82. The normalized spacial score (nSPS) is 10.6. The molecule has 0 fully saturated rings. The number of carbonyl (C=O) groups excluding carboxylic acids is 1. The lowest BCUT2D eigenvalue weighted by Gasteiger charge is -2.19. The Morgan fingerprint density at radius 2 is 2.33 bits per heavy atom. The smallest absolute Gasteiger partial charge is 0.307 e. The highest BCUT2D eigenvalue weighted by molar-refractivity contribution is 5.70. The number of rotatable bonds is 5. The Bertz CT molecular complexity index is 536. The number of esters is 1. The van der Waals surface area contributed by atoms with E-state index in [2.05, 4.69) is 4.98 Å². The lowest BCUT2D eigenvalue weighted by molar-refractivity contribution is -0.142. The van der Waals surface area contributed by atoms with Crippen molar-refractivity contribution in [3.05, 3.63) is 30.6 Å². The highest BCUT2D eigenvalue weighted by Crippen LogP contribution is 2.15. The molecule has 0 radical (unpaired) electrons. The van der Waals surface area contributed by atoms with Gasteiger partial charge in [0.1, 0.15) is 11.5 Å². The molecular formula is C13H17N3O2. The van der Waals surface area contributed by atoms with Crippen LogP contribution in [0.25, 0.3) is 5.65 Å². The van der Waals surface area contributed by atoms with Gasteiger partial charge in [-0.2, -0.15) is 0 Å². The number of hydrogen-bond donors (Lipinski definition) is 0. The highest BCUT2D eigenvalue weighted by atomic mass is 16.5. The Hall–Kier alpha value is -2.04. The molecule has 5 nitrogen and oxygen atoms in total. The molecule has 0 aliphatic carbocycles. The first-order chi connectivity index (χ1) is 8.72. The van der Waals surface area contributed by atoms with Crippen LogP contribution in [0, 0.1) is 0 Å². The molecule has 2 aromatic rings. The van der Waals surface area contributed by atoms with Crippen LogP contribution in [0.2, 0.25) is 0 Å². The fourth-order valence-corrected chi connectivity index (χ4v) is 1.85. The fraction of sp³-hybridized carbons (Fsp3) is 0.385. The van der Waals surface area contributed by atoms with Crippen molar-refractivity contribution in [1.82, 2.24) is 9.38 Å². The van der Waals surface area contributed by atoms with Crippen LogP contribution in [-0.4, -0.2) is 35.6 Å². The van der Waals surface area contributed by atoms with E-state index in [0.717, 1.165) is 11.5 Å². The molecule has 5 heteroatoms. The van der Waals surface area contributed by atoms with Crippen molar-refractivity contribution in [3.8, 4) is 0 Å². The van der Waals surface area contributed by atoms with Gasteiger partial charge in [0, 0.05) is 26.0 Å². The summed E-state index contributed by atoms with van der Waals surface area (Å²) in [6.07, 6.45) is 4.05. The van der Waals surface area contributed by atoms with Crippen molar-refractivity contribution in [3.63, 3.8) is 0 Å². The molecule has 2 rings (SSSR count). The minimum Gasteiger partial charge on any atom is -0.466 e. The van der Waals surface area contributed by atoms with E-state index >= 15 is 0 Å². The summed E-state index contributed by atoms with van der Waals surface area (Å²) >= 11 is 0. The van der Waals surface area contributed by atoms with Gasteiger partial charge in [-0.05, 0) is 19.1 Å². The first kappa shape index (κ1) is 12.4. The lowest BCUT2D eigenvalue weighted by Crippen LogP contribution is -2.23. The van der Waals surface area contributed by atoms with Crippen molar-refractivity contribution in [2.45, 2.75) is 13.3 Å². The molecule has 0 amide bonds. The van der Waals surface area contributed by atoms with Crippen LogP contribution >= 0.6 is 0 Å². The fourth-order valence-electron chi connectivity index (χ4n) is 1.85. The Balaban J connectivity index is 2.06. The van der Waals surface area contributed by atoms with Crippen molar-refractivity contribution < 1.29 is 9.53 Å². The van der Waals surface area contributed by atoms with Crippen molar-refractivity contribution in [2.75, 3.05) is 25.1 Å². The third-order valence-corrected chi connectivity index (χ3v) is 2.75. The van der Waals surface area contributed by atoms with E-state index in [1.165, 1.54) is 0 Å². The average molecular weight is 247 g/mol. The van der Waals surface area contributed by atoms with E-state index in [1.54, 1.807) is 6.20 Å². The predicted molar refractivity (Wildman–Crippen MR) is 69.7 cm³/mol. The number of aromatic nitrogens is 2. The van der Waals surface area contributed by atoms with E-state index in [9.17, 15) is 4.79 Å². The van der Waals surface area contributed by atoms with Gasteiger partial charge in [0.15, 0.2) is 0 Å². The summed E-state index contributed by atoms with van der Waals surface area (Å²) in [6.45, 7) is 2.86. The van der Waals surface area contributed by atoms with Crippen LogP contribution < -0.4 is 4.90 Å². The van der Waals surface area contributed by atoms with Gasteiger partial charge in [-0.25, -0.2) is 4.98 Å². The molecule has 0 N–H and O–H groups in total. The number of pyridine rings is 1. The van der Waals surface area contributed by atoms with Crippen molar-refractivity contribution in [1.29, 1.82) is 0 Å². The maximum absolute atomic E-state index is 11.3. The van der Waals surface area contributed by atoms with Crippen LogP contribution in [0.5, 0.6) is 0 Å². The number of carbonyl (C=O) groups is 1.